The van der Waals surface area contributed by atoms with E-state index in [4.69, 9.17) is 4.74 Å². The lowest BCUT2D eigenvalue weighted by Gasteiger charge is -2.22. The number of carboxylic acids is 1. The highest BCUT2D eigenvalue weighted by atomic mass is 16.5. The van der Waals surface area contributed by atoms with Crippen LogP contribution in [0, 0.1) is 0 Å². The Morgan fingerprint density at radius 1 is 1.24 bits per heavy atom. The maximum absolute atomic E-state index is 11.6. The molecule has 1 atom stereocenters. The number of hydrogen-bond acceptors (Lipinski definition) is 3. The molecule has 2 N–H and O–H groups in total. The molecular formula is C17H25NO3. The summed E-state index contributed by atoms with van der Waals surface area (Å²) >= 11 is 0. The van der Waals surface area contributed by atoms with Gasteiger partial charge in [-0.3, -0.25) is 10.1 Å². The van der Waals surface area contributed by atoms with Crippen molar-refractivity contribution in [3.05, 3.63) is 35.4 Å². The van der Waals surface area contributed by atoms with Gasteiger partial charge in [0, 0.05) is 13.2 Å². The number of rotatable bonds is 6. The molecule has 0 saturated heterocycles. The molecule has 1 aromatic rings. The zero-order chi connectivity index (χ0) is 15.1. The Morgan fingerprint density at radius 3 is 2.38 bits per heavy atom. The molecule has 0 aliphatic heterocycles. The van der Waals surface area contributed by atoms with Crippen molar-refractivity contribution < 1.29 is 14.6 Å². The molecule has 0 spiro atoms. The smallest absolute Gasteiger partial charge is 0.325 e. The van der Waals surface area contributed by atoms with Crippen LogP contribution < -0.4 is 5.32 Å². The molecule has 0 amide bonds. The van der Waals surface area contributed by atoms with Gasteiger partial charge in [-0.1, -0.05) is 49.9 Å². The van der Waals surface area contributed by atoms with E-state index in [-0.39, 0.29) is 0 Å². The van der Waals surface area contributed by atoms with E-state index in [2.05, 4.69) is 5.32 Å². The predicted molar refractivity (Wildman–Crippen MR) is 82.2 cm³/mol. The van der Waals surface area contributed by atoms with E-state index in [1.807, 2.05) is 24.3 Å². The van der Waals surface area contributed by atoms with E-state index in [9.17, 15) is 9.90 Å². The van der Waals surface area contributed by atoms with Crippen LogP contribution in [-0.2, 0) is 16.1 Å². The molecule has 1 aliphatic rings. The molecule has 2 rings (SSSR count). The molecular weight excluding hydrogens is 266 g/mol. The third-order valence-corrected chi connectivity index (χ3v) is 4.13. The minimum Gasteiger partial charge on any atom is -0.480 e. The van der Waals surface area contributed by atoms with Crippen LogP contribution in [0.25, 0.3) is 0 Å². The van der Waals surface area contributed by atoms with E-state index < -0.39 is 12.0 Å². The fraction of sp³-hybridized carbons (Fsp3) is 0.588. The molecule has 0 bridgehead atoms. The lowest BCUT2D eigenvalue weighted by molar-refractivity contribution is -0.140. The molecule has 1 aromatic carbocycles. The number of methoxy groups -OCH3 is 1. The normalized spacial score (nSPS) is 18.1. The first-order chi connectivity index (χ1) is 10.2. The zero-order valence-electron chi connectivity index (χ0n) is 12.7. The summed E-state index contributed by atoms with van der Waals surface area (Å²) in [5.41, 5.74) is 1.87. The third kappa shape index (κ3) is 4.83. The van der Waals surface area contributed by atoms with Crippen LogP contribution in [0.5, 0.6) is 0 Å². The van der Waals surface area contributed by atoms with Crippen LogP contribution in [0.4, 0.5) is 0 Å². The minimum atomic E-state index is -0.807. The van der Waals surface area contributed by atoms with Gasteiger partial charge in [0.1, 0.15) is 6.04 Å². The molecule has 0 heterocycles. The molecule has 116 valence electrons. The second-order valence-electron chi connectivity index (χ2n) is 5.80. The lowest BCUT2D eigenvalue weighted by Crippen LogP contribution is -2.36. The van der Waals surface area contributed by atoms with Crippen LogP contribution in [0.3, 0.4) is 0 Å². The number of ether oxygens (including phenoxy) is 1. The van der Waals surface area contributed by atoms with Crippen molar-refractivity contribution in [2.24, 2.45) is 0 Å². The van der Waals surface area contributed by atoms with E-state index in [1.165, 1.54) is 25.7 Å². The Morgan fingerprint density at radius 2 is 1.86 bits per heavy atom. The van der Waals surface area contributed by atoms with Crippen LogP contribution in [0.2, 0.25) is 0 Å². The molecule has 1 unspecified atom stereocenters. The topological polar surface area (TPSA) is 58.6 Å². The standard InChI is InChI=1S/C17H25NO3/c1-21-12-13-8-10-14(11-9-13)16(17(19)20)18-15-6-4-2-3-5-7-15/h8-11,15-16,18H,2-7,12H2,1H3,(H,19,20). The fourth-order valence-electron chi connectivity index (χ4n) is 2.96. The number of benzene rings is 1. The molecule has 4 nitrogen and oxygen atoms in total. The summed E-state index contributed by atoms with van der Waals surface area (Å²) < 4.78 is 5.08. The van der Waals surface area contributed by atoms with E-state index >= 15 is 0 Å². The highest BCUT2D eigenvalue weighted by Crippen LogP contribution is 2.22. The molecule has 1 aliphatic carbocycles. The fourth-order valence-corrected chi connectivity index (χ4v) is 2.96. The Balaban J connectivity index is 2.05. The predicted octanol–water partition coefficient (Wildman–Crippen LogP) is 3.27. The highest BCUT2D eigenvalue weighted by Gasteiger charge is 2.23. The molecule has 21 heavy (non-hydrogen) atoms. The quantitative estimate of drug-likeness (QED) is 0.790. The van der Waals surface area contributed by atoms with Gasteiger partial charge in [-0.25, -0.2) is 0 Å². The average Bonchev–Trinajstić information content (AvgIpc) is 2.74. The summed E-state index contributed by atoms with van der Waals surface area (Å²) in [5.74, 6) is -0.807. The van der Waals surface area contributed by atoms with E-state index in [0.29, 0.717) is 12.6 Å². The first-order valence-electron chi connectivity index (χ1n) is 7.77. The summed E-state index contributed by atoms with van der Waals surface area (Å²) in [6.45, 7) is 0.550. The molecule has 4 heteroatoms. The van der Waals surface area contributed by atoms with Gasteiger partial charge in [0.15, 0.2) is 0 Å². The zero-order valence-corrected chi connectivity index (χ0v) is 12.7. The number of aliphatic carboxylic acids is 1. The number of carboxylic acid groups (broad SMARTS) is 1. The van der Waals surface area contributed by atoms with Crippen molar-refractivity contribution in [3.8, 4) is 0 Å². The number of carbonyl (C=O) groups is 1. The Bertz CT molecular complexity index is 436. The van der Waals surface area contributed by atoms with Gasteiger partial charge in [0.05, 0.1) is 6.61 Å². The maximum atomic E-state index is 11.6. The summed E-state index contributed by atoms with van der Waals surface area (Å²) in [6.07, 6.45) is 7.06. The monoisotopic (exact) mass is 291 g/mol. The van der Waals surface area contributed by atoms with Gasteiger partial charge in [0.2, 0.25) is 0 Å². The molecule has 0 aromatic heterocycles. The van der Waals surface area contributed by atoms with Crippen molar-refractivity contribution in [2.45, 2.75) is 57.2 Å². The van der Waals surface area contributed by atoms with Gasteiger partial charge in [0.25, 0.3) is 0 Å². The third-order valence-electron chi connectivity index (χ3n) is 4.13. The Labute approximate surface area is 126 Å². The number of hydrogen-bond donors (Lipinski definition) is 2. The Hall–Kier alpha value is -1.39. The van der Waals surface area contributed by atoms with Crippen LogP contribution in [0.15, 0.2) is 24.3 Å². The maximum Gasteiger partial charge on any atom is 0.325 e. The second-order valence-corrected chi connectivity index (χ2v) is 5.80. The molecule has 1 fully saturated rings. The minimum absolute atomic E-state index is 0.312. The van der Waals surface area contributed by atoms with Gasteiger partial charge < -0.3 is 9.84 Å². The van der Waals surface area contributed by atoms with Crippen LogP contribution in [0.1, 0.15) is 55.7 Å². The van der Waals surface area contributed by atoms with Gasteiger partial charge >= 0.3 is 5.97 Å². The summed E-state index contributed by atoms with van der Waals surface area (Å²) in [6, 6.07) is 7.33. The summed E-state index contributed by atoms with van der Waals surface area (Å²) in [5, 5.41) is 12.8. The largest absolute Gasteiger partial charge is 0.480 e. The van der Waals surface area contributed by atoms with Crippen molar-refractivity contribution >= 4 is 5.97 Å². The SMILES string of the molecule is COCc1ccc(C(NC2CCCCCC2)C(=O)O)cc1. The average molecular weight is 291 g/mol. The van der Waals surface area contributed by atoms with Crippen molar-refractivity contribution in [2.75, 3.05) is 7.11 Å². The molecule has 1 saturated carbocycles. The second kappa shape index (κ2) is 8.15. The first kappa shape index (κ1) is 16.0. The summed E-state index contributed by atoms with van der Waals surface area (Å²) in [4.78, 5) is 11.6. The Kier molecular flexibility index (Phi) is 6.21. The van der Waals surface area contributed by atoms with Gasteiger partial charge in [-0.15, -0.1) is 0 Å². The van der Waals surface area contributed by atoms with Crippen molar-refractivity contribution in [1.82, 2.24) is 5.32 Å². The van der Waals surface area contributed by atoms with Crippen molar-refractivity contribution in [1.29, 1.82) is 0 Å². The van der Waals surface area contributed by atoms with Gasteiger partial charge in [-0.2, -0.15) is 0 Å². The van der Waals surface area contributed by atoms with Crippen LogP contribution >= 0.6 is 0 Å². The molecule has 0 radical (unpaired) electrons. The van der Waals surface area contributed by atoms with Crippen molar-refractivity contribution in [3.63, 3.8) is 0 Å². The summed E-state index contributed by atoms with van der Waals surface area (Å²) in [7, 11) is 1.65. The van der Waals surface area contributed by atoms with Gasteiger partial charge in [-0.05, 0) is 24.0 Å². The number of nitrogens with one attached hydrogen (secondary N) is 1. The first-order valence-corrected chi connectivity index (χ1v) is 7.77. The van der Waals surface area contributed by atoms with Crippen LogP contribution in [-0.4, -0.2) is 24.2 Å². The lowest BCUT2D eigenvalue weighted by atomic mass is 10.0. The highest BCUT2D eigenvalue weighted by molar-refractivity contribution is 5.75. The van der Waals surface area contributed by atoms with E-state index in [1.54, 1.807) is 7.11 Å². The van der Waals surface area contributed by atoms with E-state index in [0.717, 1.165) is 24.0 Å².